The van der Waals surface area contributed by atoms with Gasteiger partial charge in [0.05, 0.1) is 12.7 Å². The number of hydrogen-bond acceptors (Lipinski definition) is 3. The summed E-state index contributed by atoms with van der Waals surface area (Å²) in [5.41, 5.74) is 7.39. The van der Waals surface area contributed by atoms with Crippen LogP contribution in [0.5, 0.6) is 0 Å². The molecule has 0 saturated heterocycles. The largest absolute Gasteiger partial charge is 0.409 e. The fourth-order valence-electron chi connectivity index (χ4n) is 2.86. The Morgan fingerprint density at radius 2 is 2.30 bits per heavy atom. The molecule has 1 aliphatic rings. The smallest absolute Gasteiger partial charge is 0.170 e. The highest BCUT2D eigenvalue weighted by Crippen LogP contribution is 2.28. The summed E-state index contributed by atoms with van der Waals surface area (Å²) in [5.74, 6) is 0.952. The molecule has 1 aromatic rings. The molecule has 0 radical (unpaired) electrons. The van der Waals surface area contributed by atoms with Crippen LogP contribution in [-0.2, 0) is 11.3 Å². The van der Waals surface area contributed by atoms with Gasteiger partial charge in [-0.05, 0) is 30.4 Å². The summed E-state index contributed by atoms with van der Waals surface area (Å²) in [7, 11) is 0. The number of amidine groups is 1. The van der Waals surface area contributed by atoms with E-state index in [1.54, 1.807) is 0 Å². The van der Waals surface area contributed by atoms with Gasteiger partial charge in [-0.1, -0.05) is 49.5 Å². The van der Waals surface area contributed by atoms with Crippen molar-refractivity contribution in [3.63, 3.8) is 0 Å². The Bertz CT molecular complexity index is 460. The van der Waals surface area contributed by atoms with E-state index in [4.69, 9.17) is 15.7 Å². The first-order chi connectivity index (χ1) is 9.72. The second-order valence-electron chi connectivity index (χ2n) is 5.56. The van der Waals surface area contributed by atoms with Crippen molar-refractivity contribution >= 4 is 5.84 Å². The van der Waals surface area contributed by atoms with Gasteiger partial charge in [0.1, 0.15) is 0 Å². The Morgan fingerprint density at radius 3 is 3.05 bits per heavy atom. The van der Waals surface area contributed by atoms with E-state index in [1.165, 1.54) is 25.7 Å². The van der Waals surface area contributed by atoms with Crippen LogP contribution < -0.4 is 5.73 Å². The van der Waals surface area contributed by atoms with Crippen LogP contribution in [0.2, 0.25) is 0 Å². The Balaban J connectivity index is 1.90. The summed E-state index contributed by atoms with van der Waals surface area (Å²) in [6.45, 7) is 2.85. The molecule has 2 unspecified atom stereocenters. The Kier molecular flexibility index (Phi) is 5.41. The average molecular weight is 276 g/mol. The normalized spacial score (nSPS) is 23.8. The molecule has 0 amide bonds. The third-order valence-corrected chi connectivity index (χ3v) is 4.13. The van der Waals surface area contributed by atoms with Crippen molar-refractivity contribution < 1.29 is 9.94 Å². The molecule has 4 nitrogen and oxygen atoms in total. The predicted octanol–water partition coefficient (Wildman–Crippen LogP) is 3.27. The molecule has 1 fully saturated rings. The third-order valence-electron chi connectivity index (χ3n) is 4.13. The molecule has 1 aliphatic carbocycles. The third kappa shape index (κ3) is 3.97. The minimum Gasteiger partial charge on any atom is -0.409 e. The zero-order valence-electron chi connectivity index (χ0n) is 12.1. The summed E-state index contributed by atoms with van der Waals surface area (Å²) in [6, 6.07) is 7.65. The Labute approximate surface area is 120 Å². The predicted molar refractivity (Wildman–Crippen MR) is 79.8 cm³/mol. The zero-order valence-corrected chi connectivity index (χ0v) is 12.1. The van der Waals surface area contributed by atoms with Gasteiger partial charge in [0, 0.05) is 5.56 Å². The summed E-state index contributed by atoms with van der Waals surface area (Å²) in [5, 5.41) is 11.7. The maximum atomic E-state index is 8.70. The number of benzene rings is 1. The van der Waals surface area contributed by atoms with Crippen LogP contribution in [0.3, 0.4) is 0 Å². The highest BCUT2D eigenvalue weighted by Gasteiger charge is 2.21. The lowest BCUT2D eigenvalue weighted by Crippen LogP contribution is -2.22. The zero-order chi connectivity index (χ0) is 14.4. The minimum atomic E-state index is 0.135. The van der Waals surface area contributed by atoms with Crippen molar-refractivity contribution in [1.29, 1.82) is 0 Å². The first kappa shape index (κ1) is 14.9. The lowest BCUT2D eigenvalue weighted by molar-refractivity contribution is 0.00176. The molecule has 110 valence electrons. The van der Waals surface area contributed by atoms with E-state index < -0.39 is 0 Å². The molecule has 0 heterocycles. The van der Waals surface area contributed by atoms with Gasteiger partial charge in [-0.25, -0.2) is 0 Å². The molecular weight excluding hydrogens is 252 g/mol. The van der Waals surface area contributed by atoms with E-state index in [0.29, 0.717) is 12.7 Å². The molecule has 2 atom stereocenters. The van der Waals surface area contributed by atoms with Gasteiger partial charge < -0.3 is 15.7 Å². The molecule has 3 N–H and O–H groups in total. The van der Waals surface area contributed by atoms with E-state index in [2.05, 4.69) is 12.1 Å². The Hall–Kier alpha value is -1.55. The summed E-state index contributed by atoms with van der Waals surface area (Å²) in [4.78, 5) is 0. The van der Waals surface area contributed by atoms with Crippen LogP contribution in [0.1, 0.15) is 50.2 Å². The molecule has 0 aliphatic heterocycles. The molecule has 1 aromatic carbocycles. The van der Waals surface area contributed by atoms with Crippen LogP contribution >= 0.6 is 0 Å². The molecule has 0 aromatic heterocycles. The van der Waals surface area contributed by atoms with Crippen LogP contribution in [0, 0.1) is 5.92 Å². The molecule has 0 bridgehead atoms. The first-order valence-electron chi connectivity index (χ1n) is 7.41. The van der Waals surface area contributed by atoms with E-state index in [0.717, 1.165) is 23.5 Å². The second kappa shape index (κ2) is 7.29. The molecule has 2 rings (SSSR count). The lowest BCUT2D eigenvalue weighted by Gasteiger charge is -2.28. The topological polar surface area (TPSA) is 67.8 Å². The second-order valence-corrected chi connectivity index (χ2v) is 5.56. The van der Waals surface area contributed by atoms with Crippen molar-refractivity contribution in [3.05, 3.63) is 35.4 Å². The van der Waals surface area contributed by atoms with E-state index in [1.807, 2.05) is 24.3 Å². The highest BCUT2D eigenvalue weighted by molar-refractivity contribution is 5.97. The van der Waals surface area contributed by atoms with Gasteiger partial charge in [0.15, 0.2) is 5.84 Å². The van der Waals surface area contributed by atoms with Gasteiger partial charge in [-0.2, -0.15) is 0 Å². The average Bonchev–Trinajstić information content (AvgIpc) is 2.52. The van der Waals surface area contributed by atoms with Crippen LogP contribution in [0.4, 0.5) is 0 Å². The highest BCUT2D eigenvalue weighted by atomic mass is 16.5. The van der Waals surface area contributed by atoms with Crippen molar-refractivity contribution in [2.24, 2.45) is 16.8 Å². The SMILES string of the molecule is CCC1CCCC(OCc2cccc(C(N)=NO)c2)C1. The number of hydrogen-bond donors (Lipinski definition) is 2. The monoisotopic (exact) mass is 276 g/mol. The minimum absolute atomic E-state index is 0.135. The van der Waals surface area contributed by atoms with Crippen LogP contribution in [0.15, 0.2) is 29.4 Å². The number of nitrogens with two attached hydrogens (primary N) is 1. The fraction of sp³-hybridized carbons (Fsp3) is 0.562. The quantitative estimate of drug-likeness (QED) is 0.375. The number of oxime groups is 1. The van der Waals surface area contributed by atoms with Gasteiger partial charge in [-0.3, -0.25) is 0 Å². The van der Waals surface area contributed by atoms with Gasteiger partial charge in [0.25, 0.3) is 0 Å². The van der Waals surface area contributed by atoms with Crippen LogP contribution in [0.25, 0.3) is 0 Å². The maximum absolute atomic E-state index is 8.70. The molecular formula is C16H24N2O2. The Morgan fingerprint density at radius 1 is 1.45 bits per heavy atom. The molecule has 20 heavy (non-hydrogen) atoms. The molecule has 1 saturated carbocycles. The summed E-state index contributed by atoms with van der Waals surface area (Å²) < 4.78 is 6.03. The maximum Gasteiger partial charge on any atom is 0.170 e. The molecule has 4 heteroatoms. The number of rotatable bonds is 5. The van der Waals surface area contributed by atoms with Crippen molar-refractivity contribution in [3.8, 4) is 0 Å². The summed E-state index contributed by atoms with van der Waals surface area (Å²) in [6.07, 6.45) is 6.58. The lowest BCUT2D eigenvalue weighted by atomic mass is 9.85. The van der Waals surface area contributed by atoms with Gasteiger partial charge >= 0.3 is 0 Å². The van der Waals surface area contributed by atoms with Crippen molar-refractivity contribution in [1.82, 2.24) is 0 Å². The fourth-order valence-corrected chi connectivity index (χ4v) is 2.86. The number of ether oxygens (including phenoxy) is 1. The summed E-state index contributed by atoms with van der Waals surface area (Å²) >= 11 is 0. The van der Waals surface area contributed by atoms with E-state index >= 15 is 0 Å². The number of nitrogens with zero attached hydrogens (tertiary/aromatic N) is 1. The van der Waals surface area contributed by atoms with E-state index in [9.17, 15) is 0 Å². The van der Waals surface area contributed by atoms with Crippen LogP contribution in [-0.4, -0.2) is 17.1 Å². The molecule has 0 spiro atoms. The van der Waals surface area contributed by atoms with Gasteiger partial charge in [0.2, 0.25) is 0 Å². The van der Waals surface area contributed by atoms with Crippen molar-refractivity contribution in [2.45, 2.75) is 51.7 Å². The van der Waals surface area contributed by atoms with Gasteiger partial charge in [-0.15, -0.1) is 0 Å². The first-order valence-corrected chi connectivity index (χ1v) is 7.41. The standard InChI is InChI=1S/C16H24N2O2/c1-2-12-5-4-8-15(10-12)20-11-13-6-3-7-14(9-13)16(17)18-19/h3,6-7,9,12,15,19H,2,4-5,8,10-11H2,1H3,(H2,17,18). The van der Waals surface area contributed by atoms with E-state index in [-0.39, 0.29) is 5.84 Å². The van der Waals surface area contributed by atoms with Crippen molar-refractivity contribution in [2.75, 3.05) is 0 Å².